The maximum absolute atomic E-state index is 13.4. The van der Waals surface area contributed by atoms with Crippen LogP contribution in [0.5, 0.6) is 11.5 Å². The molecule has 1 aliphatic carbocycles. The van der Waals surface area contributed by atoms with Crippen molar-refractivity contribution in [3.05, 3.63) is 82.1 Å². The number of carbonyl (C=O) groups excluding carboxylic acids is 1. The molecule has 0 aromatic heterocycles. The lowest BCUT2D eigenvalue weighted by Gasteiger charge is -2.38. The van der Waals surface area contributed by atoms with E-state index in [0.717, 1.165) is 51.2 Å². The van der Waals surface area contributed by atoms with Crippen molar-refractivity contribution >= 4 is 28.2 Å². The van der Waals surface area contributed by atoms with Gasteiger partial charge < -0.3 is 9.47 Å². The number of methoxy groups -OCH3 is 1. The SMILES string of the molecule is COc1ccc2ccc3c(c2c1)C(c1cccc(Cl)c1)C1=C(CC(C)(C)CC1=O)O3. The molecular weight excluding hydrogens is 396 g/mol. The summed E-state index contributed by atoms with van der Waals surface area (Å²) in [7, 11) is 1.66. The fraction of sp³-hybridized carbons (Fsp3) is 0.269. The van der Waals surface area contributed by atoms with Gasteiger partial charge >= 0.3 is 0 Å². The minimum absolute atomic E-state index is 0.119. The highest BCUT2D eigenvalue weighted by Crippen LogP contribution is 2.52. The second kappa shape index (κ2) is 6.88. The van der Waals surface area contributed by atoms with E-state index in [2.05, 4.69) is 19.9 Å². The molecule has 30 heavy (non-hydrogen) atoms. The van der Waals surface area contributed by atoms with Crippen molar-refractivity contribution in [1.29, 1.82) is 0 Å². The summed E-state index contributed by atoms with van der Waals surface area (Å²) in [5.74, 6) is 2.29. The number of Topliss-reactive ketones (excluding diaryl/α,β-unsaturated/α-hetero) is 1. The zero-order chi connectivity index (χ0) is 21.0. The first-order chi connectivity index (χ1) is 14.4. The summed E-state index contributed by atoms with van der Waals surface area (Å²) in [5, 5.41) is 2.77. The molecule has 3 aromatic carbocycles. The van der Waals surface area contributed by atoms with E-state index in [-0.39, 0.29) is 17.1 Å². The maximum Gasteiger partial charge on any atom is 0.163 e. The van der Waals surface area contributed by atoms with Crippen molar-refractivity contribution in [3.63, 3.8) is 0 Å². The number of hydrogen-bond donors (Lipinski definition) is 0. The van der Waals surface area contributed by atoms with Gasteiger partial charge in [0.15, 0.2) is 5.78 Å². The molecule has 1 aliphatic heterocycles. The van der Waals surface area contributed by atoms with Crippen LogP contribution in [0.15, 0.2) is 65.9 Å². The van der Waals surface area contributed by atoms with Crippen LogP contribution in [0.3, 0.4) is 0 Å². The highest BCUT2D eigenvalue weighted by Gasteiger charge is 2.42. The molecule has 2 aliphatic rings. The van der Waals surface area contributed by atoms with Gasteiger partial charge in [-0.05, 0) is 52.1 Å². The molecule has 0 fully saturated rings. The van der Waals surface area contributed by atoms with Gasteiger partial charge in [0.05, 0.1) is 7.11 Å². The zero-order valence-corrected chi connectivity index (χ0v) is 18.0. The molecule has 0 amide bonds. The van der Waals surface area contributed by atoms with Crippen molar-refractivity contribution in [1.82, 2.24) is 0 Å². The normalized spacial score (nSPS) is 19.9. The molecule has 0 bridgehead atoms. The van der Waals surface area contributed by atoms with Crippen molar-refractivity contribution in [3.8, 4) is 11.5 Å². The summed E-state index contributed by atoms with van der Waals surface area (Å²) in [4.78, 5) is 13.4. The van der Waals surface area contributed by atoms with E-state index in [1.165, 1.54) is 0 Å². The monoisotopic (exact) mass is 418 g/mol. The number of carbonyl (C=O) groups is 1. The molecular formula is C26H23ClO3. The molecule has 1 heterocycles. The molecule has 1 unspecified atom stereocenters. The topological polar surface area (TPSA) is 35.5 Å². The van der Waals surface area contributed by atoms with Crippen LogP contribution in [-0.4, -0.2) is 12.9 Å². The van der Waals surface area contributed by atoms with Crippen molar-refractivity contribution in [2.45, 2.75) is 32.6 Å². The first-order valence-electron chi connectivity index (χ1n) is 10.2. The Labute approximate surface area is 181 Å². The average Bonchev–Trinajstić information content (AvgIpc) is 2.70. The highest BCUT2D eigenvalue weighted by atomic mass is 35.5. The van der Waals surface area contributed by atoms with E-state index in [4.69, 9.17) is 21.1 Å². The van der Waals surface area contributed by atoms with Crippen LogP contribution in [0.4, 0.5) is 0 Å². The van der Waals surface area contributed by atoms with E-state index in [1.807, 2.05) is 48.5 Å². The minimum Gasteiger partial charge on any atom is -0.497 e. The number of benzene rings is 3. The molecule has 0 radical (unpaired) electrons. The summed E-state index contributed by atoms with van der Waals surface area (Å²) in [6.07, 6.45) is 1.25. The predicted octanol–water partition coefficient (Wildman–Crippen LogP) is 6.67. The lowest BCUT2D eigenvalue weighted by molar-refractivity contribution is -0.118. The Bertz CT molecular complexity index is 1220. The molecule has 152 valence electrons. The van der Waals surface area contributed by atoms with Gasteiger partial charge in [-0.3, -0.25) is 4.79 Å². The first-order valence-corrected chi connectivity index (χ1v) is 10.5. The van der Waals surface area contributed by atoms with E-state index in [9.17, 15) is 4.79 Å². The fourth-order valence-electron chi connectivity index (χ4n) is 4.80. The Hall–Kier alpha value is -2.78. The van der Waals surface area contributed by atoms with Crippen LogP contribution < -0.4 is 9.47 Å². The Morgan fingerprint density at radius 3 is 2.63 bits per heavy atom. The van der Waals surface area contributed by atoms with Crippen LogP contribution >= 0.6 is 11.6 Å². The lowest BCUT2D eigenvalue weighted by Crippen LogP contribution is -2.33. The molecule has 0 N–H and O–H groups in total. The van der Waals surface area contributed by atoms with Gasteiger partial charge in [-0.1, -0.05) is 49.7 Å². The summed E-state index contributed by atoms with van der Waals surface area (Å²) in [6, 6.07) is 17.9. The van der Waals surface area contributed by atoms with Crippen LogP contribution in [0.1, 0.15) is 43.7 Å². The second-order valence-corrected chi connectivity index (χ2v) is 9.37. The number of ketones is 1. The van der Waals surface area contributed by atoms with Crippen LogP contribution in [0.25, 0.3) is 10.8 Å². The summed E-state index contributed by atoms with van der Waals surface area (Å²) in [6.45, 7) is 4.24. The minimum atomic E-state index is -0.221. The Morgan fingerprint density at radius 2 is 1.87 bits per heavy atom. The molecule has 0 saturated heterocycles. The molecule has 5 rings (SSSR count). The van der Waals surface area contributed by atoms with E-state index < -0.39 is 0 Å². The molecule has 4 heteroatoms. The van der Waals surface area contributed by atoms with Crippen LogP contribution in [0, 0.1) is 5.41 Å². The standard InChI is InChI=1S/C26H23ClO3/c1-26(2)13-20(28)25-22(14-26)30-21-10-8-15-7-9-18(29-3)12-19(15)24(21)23(25)16-5-4-6-17(27)11-16/h4-12,23H,13-14H2,1-3H3. The first kappa shape index (κ1) is 19.2. The number of fused-ring (bicyclic) bond motifs is 3. The van der Waals surface area contributed by atoms with Gasteiger partial charge in [-0.15, -0.1) is 0 Å². The smallest absolute Gasteiger partial charge is 0.163 e. The third-order valence-corrected chi connectivity index (χ3v) is 6.34. The van der Waals surface area contributed by atoms with Gasteiger partial charge in [-0.25, -0.2) is 0 Å². The van der Waals surface area contributed by atoms with Crippen molar-refractivity contribution in [2.75, 3.05) is 7.11 Å². The van der Waals surface area contributed by atoms with Gasteiger partial charge in [0.1, 0.15) is 17.3 Å². The second-order valence-electron chi connectivity index (χ2n) is 8.93. The number of halogens is 1. The van der Waals surface area contributed by atoms with E-state index in [0.29, 0.717) is 11.4 Å². The third-order valence-electron chi connectivity index (χ3n) is 6.10. The highest BCUT2D eigenvalue weighted by molar-refractivity contribution is 6.30. The van der Waals surface area contributed by atoms with Crippen molar-refractivity contribution < 1.29 is 14.3 Å². The number of allylic oxidation sites excluding steroid dienone is 2. The van der Waals surface area contributed by atoms with Gasteiger partial charge in [-0.2, -0.15) is 0 Å². The van der Waals surface area contributed by atoms with Gasteiger partial charge in [0.25, 0.3) is 0 Å². The molecule has 3 nitrogen and oxygen atoms in total. The van der Waals surface area contributed by atoms with Gasteiger partial charge in [0.2, 0.25) is 0 Å². The molecule has 3 aromatic rings. The molecule has 0 saturated carbocycles. The summed E-state index contributed by atoms with van der Waals surface area (Å²) >= 11 is 6.36. The zero-order valence-electron chi connectivity index (χ0n) is 17.3. The van der Waals surface area contributed by atoms with E-state index in [1.54, 1.807) is 7.11 Å². The fourth-order valence-corrected chi connectivity index (χ4v) is 5.00. The average molecular weight is 419 g/mol. The Balaban J connectivity index is 1.83. The maximum atomic E-state index is 13.4. The Kier molecular flexibility index (Phi) is 4.41. The summed E-state index contributed by atoms with van der Waals surface area (Å²) < 4.78 is 11.9. The van der Waals surface area contributed by atoms with Crippen molar-refractivity contribution in [2.24, 2.45) is 5.41 Å². The molecule has 0 spiro atoms. The number of hydrogen-bond acceptors (Lipinski definition) is 3. The number of rotatable bonds is 2. The van der Waals surface area contributed by atoms with Crippen LogP contribution in [-0.2, 0) is 4.79 Å². The largest absolute Gasteiger partial charge is 0.497 e. The van der Waals surface area contributed by atoms with E-state index >= 15 is 0 Å². The van der Waals surface area contributed by atoms with Gasteiger partial charge in [0, 0.05) is 34.9 Å². The number of ether oxygens (including phenoxy) is 2. The summed E-state index contributed by atoms with van der Waals surface area (Å²) in [5.41, 5.74) is 2.65. The van der Waals surface area contributed by atoms with Crippen LogP contribution in [0.2, 0.25) is 5.02 Å². The Morgan fingerprint density at radius 1 is 1.07 bits per heavy atom. The lowest BCUT2D eigenvalue weighted by atomic mass is 9.69. The quantitative estimate of drug-likeness (QED) is 0.466. The molecule has 1 atom stereocenters. The third kappa shape index (κ3) is 3.09. The predicted molar refractivity (Wildman–Crippen MR) is 119 cm³/mol.